The second-order valence-electron chi connectivity index (χ2n) is 8.13. The largest absolute Gasteiger partial charge is 0.333 e. The number of aryl methyl sites for hydroxylation is 1. The summed E-state index contributed by atoms with van der Waals surface area (Å²) in [5.41, 5.74) is 1.98. The Hall–Kier alpha value is -2.94. The fourth-order valence-corrected chi connectivity index (χ4v) is 3.91. The van der Waals surface area contributed by atoms with E-state index < -0.39 is 0 Å². The van der Waals surface area contributed by atoms with E-state index in [2.05, 4.69) is 25.7 Å². The molecule has 0 aromatic carbocycles. The normalized spacial score (nSPS) is 13.3. The molecule has 0 saturated carbocycles. The Morgan fingerprint density at radius 2 is 2.17 bits per heavy atom. The summed E-state index contributed by atoms with van der Waals surface area (Å²) in [6.45, 7) is 6.56. The number of nitrogens with zero attached hydrogens (tertiary/aromatic N) is 3. The van der Waals surface area contributed by atoms with Crippen molar-refractivity contribution in [1.82, 2.24) is 25.1 Å². The molecule has 0 spiro atoms. The molecule has 0 atom stereocenters. The molecule has 3 N–H and O–H groups in total. The topological polar surface area (TPSA) is 105 Å². The number of carbonyl (C=O) groups excluding carboxylic acids is 1. The van der Waals surface area contributed by atoms with Crippen LogP contribution in [0.2, 0.25) is 0 Å². The molecule has 3 aromatic rings. The molecule has 0 bridgehead atoms. The molecular weight excluding hydrogens is 388 g/mol. The van der Waals surface area contributed by atoms with Crippen LogP contribution in [0.4, 0.5) is 10.6 Å². The predicted octanol–water partition coefficient (Wildman–Crippen LogP) is 3.13. The van der Waals surface area contributed by atoms with Gasteiger partial charge in [-0.2, -0.15) is 9.78 Å². The van der Waals surface area contributed by atoms with Crippen LogP contribution < -0.4 is 16.2 Å². The Bertz CT molecular complexity index is 1090. The number of aromatic nitrogens is 4. The van der Waals surface area contributed by atoms with Gasteiger partial charge in [0.25, 0.3) is 5.56 Å². The van der Waals surface area contributed by atoms with E-state index in [1.165, 1.54) is 4.68 Å². The highest BCUT2D eigenvalue weighted by Crippen LogP contribution is 2.26. The minimum absolute atomic E-state index is 0.136. The van der Waals surface area contributed by atoms with Gasteiger partial charge in [-0.25, -0.2) is 9.78 Å². The standard InChI is InChI=1S/C20H24N6O2S/c1-20(2,3)15-10-16(23-19(28)21-11-12-6-5-9-29-12)26(25-15)18-22-14-8-4-7-13(14)17(27)24-18/h5-6,9-10H,4,7-8,11H2,1-3H3,(H2,21,23,28)(H,22,24,27). The smallest absolute Gasteiger partial charge is 0.320 e. The van der Waals surface area contributed by atoms with Crippen LogP contribution in [0.1, 0.15) is 49.0 Å². The zero-order chi connectivity index (χ0) is 20.6. The van der Waals surface area contributed by atoms with Gasteiger partial charge in [0.1, 0.15) is 5.82 Å². The van der Waals surface area contributed by atoms with E-state index in [-0.39, 0.29) is 17.0 Å². The number of fused-ring (bicyclic) bond motifs is 1. The van der Waals surface area contributed by atoms with Crippen molar-refractivity contribution in [2.24, 2.45) is 0 Å². The van der Waals surface area contributed by atoms with Crippen LogP contribution in [0, 0.1) is 0 Å². The molecule has 1 aliphatic rings. The zero-order valence-electron chi connectivity index (χ0n) is 16.7. The van der Waals surface area contributed by atoms with Gasteiger partial charge in [0, 0.05) is 21.9 Å². The molecule has 0 aliphatic heterocycles. The van der Waals surface area contributed by atoms with Crippen molar-refractivity contribution in [3.63, 3.8) is 0 Å². The number of hydrogen-bond acceptors (Lipinski definition) is 5. The summed E-state index contributed by atoms with van der Waals surface area (Å²) < 4.78 is 1.51. The fraction of sp³-hybridized carbons (Fsp3) is 0.400. The Morgan fingerprint density at radius 1 is 1.34 bits per heavy atom. The molecule has 0 fully saturated rings. The molecule has 4 rings (SSSR count). The summed E-state index contributed by atoms with van der Waals surface area (Å²) in [5.74, 6) is 0.777. The summed E-state index contributed by atoms with van der Waals surface area (Å²) in [6.07, 6.45) is 2.46. The number of nitrogens with one attached hydrogen (secondary N) is 3. The van der Waals surface area contributed by atoms with Crippen LogP contribution in [-0.4, -0.2) is 25.8 Å². The fourth-order valence-electron chi connectivity index (χ4n) is 3.27. The highest BCUT2D eigenvalue weighted by molar-refractivity contribution is 7.09. The average molecular weight is 413 g/mol. The molecule has 9 heteroatoms. The van der Waals surface area contributed by atoms with E-state index >= 15 is 0 Å². The van der Waals surface area contributed by atoms with Crippen LogP contribution in [0.25, 0.3) is 5.95 Å². The summed E-state index contributed by atoms with van der Waals surface area (Å²) >= 11 is 1.58. The quantitative estimate of drug-likeness (QED) is 0.612. The highest BCUT2D eigenvalue weighted by atomic mass is 32.1. The van der Waals surface area contributed by atoms with Gasteiger partial charge in [-0.05, 0) is 30.7 Å². The molecule has 0 radical (unpaired) electrons. The van der Waals surface area contributed by atoms with Crippen molar-refractivity contribution in [1.29, 1.82) is 0 Å². The van der Waals surface area contributed by atoms with Gasteiger partial charge >= 0.3 is 6.03 Å². The molecular formula is C20H24N6O2S. The molecule has 1 aliphatic carbocycles. The molecule has 3 aromatic heterocycles. The minimum Gasteiger partial charge on any atom is -0.333 e. The molecule has 2 amide bonds. The van der Waals surface area contributed by atoms with Gasteiger partial charge in [-0.1, -0.05) is 26.8 Å². The number of urea groups is 1. The van der Waals surface area contributed by atoms with Gasteiger partial charge in [0.05, 0.1) is 17.9 Å². The average Bonchev–Trinajstić information content (AvgIpc) is 3.39. The number of aromatic amines is 1. The molecule has 0 unspecified atom stereocenters. The van der Waals surface area contributed by atoms with Gasteiger partial charge in [0.15, 0.2) is 0 Å². The van der Waals surface area contributed by atoms with E-state index in [4.69, 9.17) is 0 Å². The van der Waals surface area contributed by atoms with E-state index in [1.807, 2.05) is 44.4 Å². The molecule has 152 valence electrons. The lowest BCUT2D eigenvalue weighted by molar-refractivity contribution is 0.251. The minimum atomic E-state index is -0.344. The van der Waals surface area contributed by atoms with Crippen LogP contribution in [0.3, 0.4) is 0 Å². The third-order valence-corrected chi connectivity index (χ3v) is 5.73. The maximum Gasteiger partial charge on any atom is 0.320 e. The van der Waals surface area contributed by atoms with Crippen molar-refractivity contribution in [2.45, 2.75) is 52.0 Å². The third-order valence-electron chi connectivity index (χ3n) is 4.85. The summed E-state index contributed by atoms with van der Waals surface area (Å²) in [4.78, 5) is 33.4. The number of thiophene rings is 1. The Labute approximate surface area is 172 Å². The Kier molecular flexibility index (Phi) is 4.99. The first-order chi connectivity index (χ1) is 13.8. The predicted molar refractivity (Wildman–Crippen MR) is 113 cm³/mol. The lowest BCUT2D eigenvalue weighted by Gasteiger charge is -2.14. The van der Waals surface area contributed by atoms with E-state index in [1.54, 1.807) is 11.3 Å². The van der Waals surface area contributed by atoms with E-state index in [0.29, 0.717) is 18.3 Å². The number of rotatable bonds is 4. The number of anilines is 1. The maximum atomic E-state index is 12.5. The lowest BCUT2D eigenvalue weighted by Crippen LogP contribution is -2.29. The first-order valence-electron chi connectivity index (χ1n) is 9.61. The summed E-state index contributed by atoms with van der Waals surface area (Å²) in [7, 11) is 0. The van der Waals surface area contributed by atoms with Crippen molar-refractivity contribution < 1.29 is 4.79 Å². The SMILES string of the molecule is CC(C)(C)c1cc(NC(=O)NCc2cccs2)n(-c2nc3c(c(=O)[nH]2)CCC3)n1. The van der Waals surface area contributed by atoms with Crippen molar-refractivity contribution >= 4 is 23.2 Å². The van der Waals surface area contributed by atoms with Crippen LogP contribution in [0.15, 0.2) is 28.4 Å². The van der Waals surface area contributed by atoms with Gasteiger partial charge in [0.2, 0.25) is 5.95 Å². The van der Waals surface area contributed by atoms with E-state index in [9.17, 15) is 9.59 Å². The first-order valence-corrected chi connectivity index (χ1v) is 10.5. The molecule has 0 saturated heterocycles. The third kappa shape index (κ3) is 4.09. The number of carbonyl (C=O) groups is 1. The monoisotopic (exact) mass is 412 g/mol. The zero-order valence-corrected chi connectivity index (χ0v) is 17.5. The maximum absolute atomic E-state index is 12.5. The first kappa shape index (κ1) is 19.4. The van der Waals surface area contributed by atoms with Crippen LogP contribution in [0.5, 0.6) is 0 Å². The summed E-state index contributed by atoms with van der Waals surface area (Å²) in [6, 6.07) is 5.38. The highest BCUT2D eigenvalue weighted by Gasteiger charge is 2.24. The lowest BCUT2D eigenvalue weighted by atomic mass is 9.92. The molecule has 29 heavy (non-hydrogen) atoms. The van der Waals surface area contributed by atoms with Gasteiger partial charge < -0.3 is 5.32 Å². The van der Waals surface area contributed by atoms with Gasteiger partial charge in [-0.3, -0.25) is 15.1 Å². The molecule has 8 nitrogen and oxygen atoms in total. The van der Waals surface area contributed by atoms with Crippen LogP contribution >= 0.6 is 11.3 Å². The van der Waals surface area contributed by atoms with Crippen molar-refractivity contribution in [3.05, 3.63) is 55.8 Å². The number of hydrogen-bond donors (Lipinski definition) is 3. The number of H-pyrrole nitrogens is 1. The molecule has 3 heterocycles. The van der Waals surface area contributed by atoms with Crippen molar-refractivity contribution in [3.8, 4) is 5.95 Å². The van der Waals surface area contributed by atoms with Gasteiger partial charge in [-0.15, -0.1) is 11.3 Å². The van der Waals surface area contributed by atoms with E-state index in [0.717, 1.165) is 41.1 Å². The Morgan fingerprint density at radius 3 is 2.90 bits per heavy atom. The number of amides is 2. The Balaban J connectivity index is 1.64. The summed E-state index contributed by atoms with van der Waals surface area (Å²) in [5, 5.41) is 12.3. The van der Waals surface area contributed by atoms with Crippen LogP contribution in [-0.2, 0) is 24.8 Å². The second kappa shape index (κ2) is 7.47. The van der Waals surface area contributed by atoms with Crippen molar-refractivity contribution in [2.75, 3.05) is 5.32 Å². The second-order valence-corrected chi connectivity index (χ2v) is 9.16.